The number of carbonyl (C=O) groups excluding carboxylic acids is 2. The van der Waals surface area contributed by atoms with Crippen molar-refractivity contribution in [2.24, 2.45) is 0 Å². The molecule has 1 aromatic heterocycles. The maximum atomic E-state index is 12.0. The number of benzene rings is 1. The van der Waals surface area contributed by atoms with E-state index in [1.807, 2.05) is 45.0 Å². The number of nitrogens with zero attached hydrogens (tertiary/aromatic N) is 1. The highest BCUT2D eigenvalue weighted by Crippen LogP contribution is 2.21. The van der Waals surface area contributed by atoms with Crippen LogP contribution >= 0.6 is 11.3 Å². The Morgan fingerprint density at radius 1 is 1.17 bits per heavy atom. The molecular formula is C17H21N3O2S. The number of amides is 2. The van der Waals surface area contributed by atoms with Crippen LogP contribution in [0, 0.1) is 13.8 Å². The number of thiazole rings is 1. The lowest BCUT2D eigenvalue weighted by molar-refractivity contribution is -0.136. The van der Waals surface area contributed by atoms with Crippen molar-refractivity contribution in [2.75, 3.05) is 5.32 Å². The number of nitrogens with one attached hydrogen (secondary N) is 2. The molecule has 2 aromatic rings. The lowest BCUT2D eigenvalue weighted by Crippen LogP contribution is -2.36. The van der Waals surface area contributed by atoms with Crippen LogP contribution in [0.2, 0.25) is 0 Å². The molecule has 2 N–H and O–H groups in total. The second-order valence-electron chi connectivity index (χ2n) is 5.41. The second-order valence-corrected chi connectivity index (χ2v) is 6.61. The summed E-state index contributed by atoms with van der Waals surface area (Å²) in [5.41, 5.74) is 3.05. The molecule has 1 aromatic carbocycles. The zero-order chi connectivity index (χ0) is 17.0. The summed E-state index contributed by atoms with van der Waals surface area (Å²) in [4.78, 5) is 29.2. The molecule has 2 amide bonds. The van der Waals surface area contributed by atoms with Gasteiger partial charge in [0.1, 0.15) is 0 Å². The maximum absolute atomic E-state index is 12.0. The zero-order valence-corrected chi connectivity index (χ0v) is 14.6. The molecule has 0 aliphatic heterocycles. The number of hydrogen-bond acceptors (Lipinski definition) is 4. The summed E-state index contributed by atoms with van der Waals surface area (Å²) in [5.74, 6) is -1.36. The van der Waals surface area contributed by atoms with Crippen molar-refractivity contribution < 1.29 is 9.59 Å². The predicted octanol–water partition coefficient (Wildman–Crippen LogP) is 3.14. The van der Waals surface area contributed by atoms with E-state index in [9.17, 15) is 9.59 Å². The molecule has 0 saturated heterocycles. The first kappa shape index (κ1) is 17.1. The first-order valence-electron chi connectivity index (χ1n) is 7.55. The summed E-state index contributed by atoms with van der Waals surface area (Å²) in [7, 11) is 0. The highest BCUT2D eigenvalue weighted by molar-refractivity contribution is 7.15. The molecule has 0 aliphatic carbocycles. The lowest BCUT2D eigenvalue weighted by Gasteiger charge is -2.14. The van der Waals surface area contributed by atoms with Gasteiger partial charge >= 0.3 is 11.8 Å². The molecule has 2 rings (SSSR count). The van der Waals surface area contributed by atoms with E-state index in [0.717, 1.165) is 22.6 Å². The highest BCUT2D eigenvalue weighted by Gasteiger charge is 2.18. The third kappa shape index (κ3) is 4.39. The minimum atomic E-state index is -0.698. The number of aromatic nitrogens is 1. The Bertz CT molecular complexity index is 688. The van der Waals surface area contributed by atoms with Gasteiger partial charge in [-0.15, -0.1) is 11.3 Å². The first-order chi connectivity index (χ1) is 10.9. The smallest absolute Gasteiger partial charge is 0.315 e. The van der Waals surface area contributed by atoms with Crippen molar-refractivity contribution in [3.05, 3.63) is 46.0 Å². The van der Waals surface area contributed by atoms with E-state index in [0.29, 0.717) is 5.13 Å². The second kappa shape index (κ2) is 7.37. The summed E-state index contributed by atoms with van der Waals surface area (Å²) in [6.07, 6.45) is 0.968. The first-order valence-corrected chi connectivity index (χ1v) is 8.37. The highest BCUT2D eigenvalue weighted by atomic mass is 32.1. The number of rotatable bonds is 4. The van der Waals surface area contributed by atoms with Crippen LogP contribution in [-0.2, 0) is 16.0 Å². The molecule has 23 heavy (non-hydrogen) atoms. The molecule has 1 unspecified atom stereocenters. The average molecular weight is 331 g/mol. The van der Waals surface area contributed by atoms with E-state index in [-0.39, 0.29) is 6.04 Å². The Labute approximate surface area is 140 Å². The van der Waals surface area contributed by atoms with E-state index in [4.69, 9.17) is 0 Å². The zero-order valence-electron chi connectivity index (χ0n) is 13.8. The van der Waals surface area contributed by atoms with Crippen LogP contribution < -0.4 is 10.6 Å². The van der Waals surface area contributed by atoms with Crippen LogP contribution in [0.4, 0.5) is 5.13 Å². The fourth-order valence-electron chi connectivity index (χ4n) is 2.07. The molecule has 6 heteroatoms. The van der Waals surface area contributed by atoms with Gasteiger partial charge in [-0.25, -0.2) is 4.98 Å². The minimum Gasteiger partial charge on any atom is -0.341 e. The van der Waals surface area contributed by atoms with Crippen LogP contribution in [0.15, 0.2) is 24.3 Å². The third-order valence-electron chi connectivity index (χ3n) is 3.69. The van der Waals surface area contributed by atoms with E-state index in [1.165, 1.54) is 16.9 Å². The molecule has 122 valence electrons. The van der Waals surface area contributed by atoms with Crippen LogP contribution in [0.3, 0.4) is 0 Å². The van der Waals surface area contributed by atoms with Gasteiger partial charge in [0, 0.05) is 4.88 Å². The molecule has 1 atom stereocenters. The molecule has 0 spiro atoms. The van der Waals surface area contributed by atoms with Crippen LogP contribution in [0.25, 0.3) is 0 Å². The lowest BCUT2D eigenvalue weighted by atomic mass is 10.1. The number of anilines is 1. The molecule has 0 bridgehead atoms. The van der Waals surface area contributed by atoms with Gasteiger partial charge in [-0.1, -0.05) is 31.2 Å². The summed E-state index contributed by atoms with van der Waals surface area (Å²) in [5, 5.41) is 5.68. The monoisotopic (exact) mass is 331 g/mol. The number of aryl methyl sites for hydroxylation is 3. The van der Waals surface area contributed by atoms with Gasteiger partial charge in [-0.3, -0.25) is 14.9 Å². The van der Waals surface area contributed by atoms with Crippen molar-refractivity contribution in [1.82, 2.24) is 10.3 Å². The summed E-state index contributed by atoms with van der Waals surface area (Å²) < 4.78 is 0. The van der Waals surface area contributed by atoms with Gasteiger partial charge in [0.15, 0.2) is 5.13 Å². The number of carbonyl (C=O) groups is 2. The summed E-state index contributed by atoms with van der Waals surface area (Å²) >= 11 is 1.36. The van der Waals surface area contributed by atoms with Crippen molar-refractivity contribution in [3.8, 4) is 0 Å². The van der Waals surface area contributed by atoms with Gasteiger partial charge < -0.3 is 5.32 Å². The molecule has 5 nitrogen and oxygen atoms in total. The molecular weight excluding hydrogens is 310 g/mol. The van der Waals surface area contributed by atoms with Gasteiger partial charge in [-0.05, 0) is 38.3 Å². The number of hydrogen-bond donors (Lipinski definition) is 2. The molecule has 1 heterocycles. The van der Waals surface area contributed by atoms with E-state index in [1.54, 1.807) is 0 Å². The average Bonchev–Trinajstić information content (AvgIpc) is 2.85. The topological polar surface area (TPSA) is 71.1 Å². The standard InChI is InChI=1S/C17H21N3O2S/c1-5-13-6-8-14(9-7-13)11(3)18-15(21)16(22)20-17-19-10(2)12(4)23-17/h6-9,11H,5H2,1-4H3,(H,18,21)(H,19,20,22). The molecule has 0 fully saturated rings. The van der Waals surface area contributed by atoms with Crippen molar-refractivity contribution in [3.63, 3.8) is 0 Å². The maximum Gasteiger partial charge on any atom is 0.315 e. The van der Waals surface area contributed by atoms with Crippen molar-refractivity contribution in [2.45, 2.75) is 40.2 Å². The SMILES string of the molecule is CCc1ccc(C(C)NC(=O)C(=O)Nc2nc(C)c(C)s2)cc1. The van der Waals surface area contributed by atoms with Crippen molar-refractivity contribution in [1.29, 1.82) is 0 Å². The Morgan fingerprint density at radius 2 is 1.83 bits per heavy atom. The Hall–Kier alpha value is -2.21. The van der Waals surface area contributed by atoms with Crippen LogP contribution in [0.1, 0.15) is 41.6 Å². The van der Waals surface area contributed by atoms with E-state index < -0.39 is 11.8 Å². The quantitative estimate of drug-likeness (QED) is 0.846. The fourth-order valence-corrected chi connectivity index (χ4v) is 2.88. The van der Waals surface area contributed by atoms with Gasteiger partial charge in [0.25, 0.3) is 0 Å². The normalized spacial score (nSPS) is 11.8. The van der Waals surface area contributed by atoms with Gasteiger partial charge in [0.05, 0.1) is 11.7 Å². The van der Waals surface area contributed by atoms with E-state index >= 15 is 0 Å². The molecule has 0 aliphatic rings. The molecule has 0 saturated carbocycles. The third-order valence-corrected chi connectivity index (χ3v) is 4.68. The largest absolute Gasteiger partial charge is 0.341 e. The van der Waals surface area contributed by atoms with Gasteiger partial charge in [0.2, 0.25) is 0 Å². The Balaban J connectivity index is 1.95. The van der Waals surface area contributed by atoms with Crippen LogP contribution in [-0.4, -0.2) is 16.8 Å². The Kier molecular flexibility index (Phi) is 5.50. The van der Waals surface area contributed by atoms with Crippen LogP contribution in [0.5, 0.6) is 0 Å². The van der Waals surface area contributed by atoms with Crippen molar-refractivity contribution >= 4 is 28.3 Å². The van der Waals surface area contributed by atoms with E-state index in [2.05, 4.69) is 22.5 Å². The summed E-state index contributed by atoms with van der Waals surface area (Å²) in [6.45, 7) is 7.73. The Morgan fingerprint density at radius 3 is 2.35 bits per heavy atom. The minimum absolute atomic E-state index is 0.237. The molecule has 0 radical (unpaired) electrons. The fraction of sp³-hybridized carbons (Fsp3) is 0.353. The summed E-state index contributed by atoms with van der Waals surface area (Å²) in [6, 6.07) is 7.75. The van der Waals surface area contributed by atoms with Gasteiger partial charge in [-0.2, -0.15) is 0 Å². The predicted molar refractivity (Wildman–Crippen MR) is 92.6 cm³/mol.